The molecular weight excluding hydrogens is 218 g/mol. The summed E-state index contributed by atoms with van der Waals surface area (Å²) in [6.45, 7) is 0.720. The maximum Gasteiger partial charge on any atom is 0.356 e. The number of pyridine rings is 1. The number of nitrogens with one attached hydrogen (secondary N) is 1. The van der Waals surface area contributed by atoms with Crippen molar-refractivity contribution in [2.45, 2.75) is 24.8 Å². The number of aromatic nitrogens is 1. The van der Waals surface area contributed by atoms with Gasteiger partial charge in [-0.15, -0.1) is 0 Å². The molecule has 0 aliphatic heterocycles. The van der Waals surface area contributed by atoms with Crippen molar-refractivity contribution in [2.75, 3.05) is 19.0 Å². The van der Waals surface area contributed by atoms with E-state index in [0.717, 1.165) is 25.1 Å². The highest BCUT2D eigenvalue weighted by atomic mass is 16.5. The Balaban J connectivity index is 1.98. The van der Waals surface area contributed by atoms with E-state index in [1.807, 2.05) is 6.07 Å². The molecule has 1 heterocycles. The van der Waals surface area contributed by atoms with E-state index < -0.39 is 5.97 Å². The lowest BCUT2D eigenvalue weighted by atomic mass is 9.78. The standard InChI is InChI=1S/C12H17N3O2/c1-17-11(16)10-7-9(3-6-14-10)15-8-12(13)4-2-5-12/h3,6-7H,2,4-5,8,13H2,1H3,(H,14,15). The molecule has 3 N–H and O–H groups in total. The minimum Gasteiger partial charge on any atom is -0.464 e. The summed E-state index contributed by atoms with van der Waals surface area (Å²) in [5, 5.41) is 3.23. The van der Waals surface area contributed by atoms with Crippen molar-refractivity contribution in [1.29, 1.82) is 0 Å². The predicted molar refractivity (Wildman–Crippen MR) is 64.8 cm³/mol. The Bertz CT molecular complexity index is 416. The number of hydrogen-bond acceptors (Lipinski definition) is 5. The number of carbonyl (C=O) groups is 1. The molecule has 5 nitrogen and oxygen atoms in total. The first-order chi connectivity index (χ1) is 8.13. The molecule has 0 aromatic carbocycles. The van der Waals surface area contributed by atoms with E-state index in [9.17, 15) is 4.79 Å². The molecule has 0 amide bonds. The van der Waals surface area contributed by atoms with Crippen molar-refractivity contribution in [1.82, 2.24) is 4.98 Å². The summed E-state index contributed by atoms with van der Waals surface area (Å²) in [7, 11) is 1.34. The van der Waals surface area contributed by atoms with Crippen LogP contribution in [0.2, 0.25) is 0 Å². The van der Waals surface area contributed by atoms with Crippen molar-refractivity contribution >= 4 is 11.7 Å². The predicted octanol–water partition coefficient (Wildman–Crippen LogP) is 1.16. The number of nitrogens with two attached hydrogens (primary N) is 1. The second-order valence-electron chi connectivity index (χ2n) is 4.49. The fraction of sp³-hybridized carbons (Fsp3) is 0.500. The molecule has 1 aromatic heterocycles. The second-order valence-corrected chi connectivity index (χ2v) is 4.49. The zero-order valence-corrected chi connectivity index (χ0v) is 9.90. The lowest BCUT2D eigenvalue weighted by molar-refractivity contribution is 0.0594. The van der Waals surface area contributed by atoms with Gasteiger partial charge in [-0.05, 0) is 31.4 Å². The molecule has 1 saturated carbocycles. The Morgan fingerprint density at radius 1 is 1.65 bits per heavy atom. The molecule has 0 spiro atoms. The number of methoxy groups -OCH3 is 1. The van der Waals surface area contributed by atoms with Crippen LogP contribution in [-0.4, -0.2) is 30.1 Å². The van der Waals surface area contributed by atoms with E-state index in [4.69, 9.17) is 5.73 Å². The van der Waals surface area contributed by atoms with Crippen molar-refractivity contribution in [3.8, 4) is 0 Å². The highest BCUT2D eigenvalue weighted by molar-refractivity contribution is 5.88. The summed E-state index contributed by atoms with van der Waals surface area (Å²) in [5.74, 6) is -0.431. The van der Waals surface area contributed by atoms with Gasteiger partial charge in [-0.2, -0.15) is 0 Å². The topological polar surface area (TPSA) is 77.2 Å². The Labute approximate surface area is 100 Å². The quantitative estimate of drug-likeness (QED) is 0.766. The largest absolute Gasteiger partial charge is 0.464 e. The van der Waals surface area contributed by atoms with Crippen molar-refractivity contribution < 1.29 is 9.53 Å². The SMILES string of the molecule is COC(=O)c1cc(NCC2(N)CCC2)ccn1. The molecular formula is C12H17N3O2. The second kappa shape index (κ2) is 4.71. The molecule has 1 aliphatic carbocycles. The first kappa shape index (κ1) is 11.9. The van der Waals surface area contributed by atoms with Crippen LogP contribution in [-0.2, 0) is 4.74 Å². The molecule has 5 heteroatoms. The number of rotatable bonds is 4. The molecule has 0 atom stereocenters. The smallest absolute Gasteiger partial charge is 0.356 e. The maximum atomic E-state index is 11.3. The summed E-state index contributed by atoms with van der Waals surface area (Å²) < 4.78 is 4.62. The van der Waals surface area contributed by atoms with E-state index >= 15 is 0 Å². The van der Waals surface area contributed by atoms with Gasteiger partial charge in [0.05, 0.1) is 7.11 Å². The molecule has 0 radical (unpaired) electrons. The average molecular weight is 235 g/mol. The van der Waals surface area contributed by atoms with Crippen LogP contribution in [0.25, 0.3) is 0 Å². The number of ether oxygens (including phenoxy) is 1. The Kier molecular flexibility index (Phi) is 3.28. The number of nitrogens with zero attached hydrogens (tertiary/aromatic N) is 1. The van der Waals surface area contributed by atoms with E-state index in [-0.39, 0.29) is 5.54 Å². The Morgan fingerprint density at radius 2 is 2.41 bits per heavy atom. The molecule has 0 unspecified atom stereocenters. The zero-order chi connectivity index (χ0) is 12.3. The zero-order valence-electron chi connectivity index (χ0n) is 9.90. The Morgan fingerprint density at radius 3 is 3.00 bits per heavy atom. The Hall–Kier alpha value is -1.62. The minimum atomic E-state index is -0.431. The van der Waals surface area contributed by atoms with Gasteiger partial charge in [-0.25, -0.2) is 9.78 Å². The van der Waals surface area contributed by atoms with E-state index in [2.05, 4.69) is 15.0 Å². The van der Waals surface area contributed by atoms with Gasteiger partial charge < -0.3 is 15.8 Å². The summed E-state index contributed by atoms with van der Waals surface area (Å²) >= 11 is 0. The number of esters is 1. The lowest BCUT2D eigenvalue weighted by Crippen LogP contribution is -2.51. The fourth-order valence-corrected chi connectivity index (χ4v) is 1.84. The van der Waals surface area contributed by atoms with Gasteiger partial charge in [0.1, 0.15) is 5.69 Å². The summed E-state index contributed by atoms with van der Waals surface area (Å²) in [5.41, 5.74) is 7.16. The molecule has 1 aromatic rings. The van der Waals surface area contributed by atoms with Crippen LogP contribution >= 0.6 is 0 Å². The van der Waals surface area contributed by atoms with Gasteiger partial charge in [-0.1, -0.05) is 0 Å². The van der Waals surface area contributed by atoms with E-state index in [1.165, 1.54) is 13.5 Å². The van der Waals surface area contributed by atoms with Gasteiger partial charge in [0, 0.05) is 24.0 Å². The van der Waals surface area contributed by atoms with Crippen LogP contribution in [0.3, 0.4) is 0 Å². The molecule has 1 aliphatic rings. The van der Waals surface area contributed by atoms with Crippen LogP contribution in [0.4, 0.5) is 5.69 Å². The van der Waals surface area contributed by atoms with Crippen LogP contribution in [0.5, 0.6) is 0 Å². The summed E-state index contributed by atoms with van der Waals surface area (Å²) in [6, 6.07) is 3.49. The molecule has 17 heavy (non-hydrogen) atoms. The average Bonchev–Trinajstić information content (AvgIpc) is 2.33. The number of carbonyl (C=O) groups excluding carboxylic acids is 1. The monoisotopic (exact) mass is 235 g/mol. The molecule has 2 rings (SSSR count). The highest BCUT2D eigenvalue weighted by Crippen LogP contribution is 2.29. The number of anilines is 1. The summed E-state index contributed by atoms with van der Waals surface area (Å²) in [4.78, 5) is 15.2. The fourth-order valence-electron chi connectivity index (χ4n) is 1.84. The van der Waals surface area contributed by atoms with Crippen LogP contribution in [0.15, 0.2) is 18.3 Å². The molecule has 0 saturated heterocycles. The van der Waals surface area contributed by atoms with Crippen molar-refractivity contribution in [3.05, 3.63) is 24.0 Å². The third kappa shape index (κ3) is 2.74. The maximum absolute atomic E-state index is 11.3. The highest BCUT2D eigenvalue weighted by Gasteiger charge is 2.31. The van der Waals surface area contributed by atoms with Crippen molar-refractivity contribution in [2.24, 2.45) is 5.73 Å². The lowest BCUT2D eigenvalue weighted by Gasteiger charge is -2.38. The first-order valence-corrected chi connectivity index (χ1v) is 5.70. The number of hydrogen-bond donors (Lipinski definition) is 2. The van der Waals surface area contributed by atoms with Crippen LogP contribution < -0.4 is 11.1 Å². The molecule has 0 bridgehead atoms. The van der Waals surface area contributed by atoms with E-state index in [1.54, 1.807) is 12.3 Å². The normalized spacial score (nSPS) is 17.1. The van der Waals surface area contributed by atoms with Crippen LogP contribution in [0.1, 0.15) is 29.8 Å². The first-order valence-electron chi connectivity index (χ1n) is 5.70. The van der Waals surface area contributed by atoms with Gasteiger partial charge >= 0.3 is 5.97 Å². The third-order valence-corrected chi connectivity index (χ3v) is 3.15. The third-order valence-electron chi connectivity index (χ3n) is 3.15. The van der Waals surface area contributed by atoms with Gasteiger partial charge in [0.15, 0.2) is 0 Å². The molecule has 1 fully saturated rings. The molecule has 92 valence electrons. The van der Waals surface area contributed by atoms with Gasteiger partial charge in [-0.3, -0.25) is 0 Å². The van der Waals surface area contributed by atoms with Crippen LogP contribution in [0, 0.1) is 0 Å². The van der Waals surface area contributed by atoms with Gasteiger partial charge in [0.25, 0.3) is 0 Å². The summed E-state index contributed by atoms with van der Waals surface area (Å²) in [6.07, 6.45) is 4.88. The van der Waals surface area contributed by atoms with Crippen molar-refractivity contribution in [3.63, 3.8) is 0 Å². The van der Waals surface area contributed by atoms with E-state index in [0.29, 0.717) is 5.69 Å². The van der Waals surface area contributed by atoms with Gasteiger partial charge in [0.2, 0.25) is 0 Å². The minimum absolute atomic E-state index is 0.0886.